The van der Waals surface area contributed by atoms with E-state index < -0.39 is 0 Å². The molecular formula is C13H20BrClN2O2. The Morgan fingerprint density at radius 1 is 1.47 bits per heavy atom. The highest BCUT2D eigenvalue weighted by Crippen LogP contribution is 2.25. The summed E-state index contributed by atoms with van der Waals surface area (Å²) in [7, 11) is 1.63. The van der Waals surface area contributed by atoms with Crippen molar-refractivity contribution in [1.29, 1.82) is 0 Å². The van der Waals surface area contributed by atoms with Gasteiger partial charge in [-0.3, -0.25) is 4.79 Å². The second-order valence-electron chi connectivity index (χ2n) is 3.96. The first-order valence-corrected chi connectivity index (χ1v) is 6.76. The molecule has 0 saturated heterocycles. The number of benzene rings is 1. The first-order chi connectivity index (χ1) is 8.67. The van der Waals surface area contributed by atoms with Crippen LogP contribution in [-0.4, -0.2) is 26.1 Å². The van der Waals surface area contributed by atoms with Gasteiger partial charge in [-0.25, -0.2) is 0 Å². The minimum absolute atomic E-state index is 0. The van der Waals surface area contributed by atoms with Crippen molar-refractivity contribution < 1.29 is 9.53 Å². The molecule has 1 aromatic carbocycles. The van der Waals surface area contributed by atoms with E-state index in [0.29, 0.717) is 19.5 Å². The van der Waals surface area contributed by atoms with Crippen LogP contribution in [0.1, 0.15) is 18.4 Å². The first-order valence-electron chi connectivity index (χ1n) is 5.96. The number of nitrogens with two attached hydrogens (primary N) is 1. The van der Waals surface area contributed by atoms with E-state index >= 15 is 0 Å². The molecule has 108 valence electrons. The predicted octanol–water partition coefficient (Wildman–Crippen LogP) is 2.28. The molecule has 0 spiro atoms. The van der Waals surface area contributed by atoms with Gasteiger partial charge in [0, 0.05) is 13.0 Å². The molecule has 3 N–H and O–H groups in total. The lowest BCUT2D eigenvalue weighted by Crippen LogP contribution is -2.26. The summed E-state index contributed by atoms with van der Waals surface area (Å²) in [5, 5.41) is 2.84. The second kappa shape index (κ2) is 10.1. The Hall–Kier alpha value is -0.780. The largest absolute Gasteiger partial charge is 0.496 e. The number of hydrogen-bond donors (Lipinski definition) is 2. The van der Waals surface area contributed by atoms with Gasteiger partial charge in [0.2, 0.25) is 5.91 Å². The molecule has 1 aromatic rings. The van der Waals surface area contributed by atoms with Crippen molar-refractivity contribution in [2.24, 2.45) is 5.73 Å². The summed E-state index contributed by atoms with van der Waals surface area (Å²) in [6.45, 7) is 1.26. The Labute approximate surface area is 128 Å². The summed E-state index contributed by atoms with van der Waals surface area (Å²) >= 11 is 3.43. The standard InChI is InChI=1S/C13H19BrN2O2.ClH/c1-18-12-5-3-10(9-11(12)14)4-6-13(17)16-8-2-7-15;/h3,5,9H,2,4,6-8,15H2,1H3,(H,16,17);1H. The van der Waals surface area contributed by atoms with Crippen LogP contribution in [0.3, 0.4) is 0 Å². The van der Waals surface area contributed by atoms with E-state index in [2.05, 4.69) is 21.2 Å². The summed E-state index contributed by atoms with van der Waals surface area (Å²) in [6.07, 6.45) is 2.03. The van der Waals surface area contributed by atoms with Crippen molar-refractivity contribution in [3.05, 3.63) is 28.2 Å². The molecule has 0 unspecified atom stereocenters. The molecule has 0 fully saturated rings. The summed E-state index contributed by atoms with van der Waals surface area (Å²) in [6, 6.07) is 5.84. The monoisotopic (exact) mass is 350 g/mol. The molecule has 0 saturated carbocycles. The van der Waals surface area contributed by atoms with Gasteiger partial charge in [0.15, 0.2) is 0 Å². The van der Waals surface area contributed by atoms with Gasteiger partial charge in [-0.15, -0.1) is 12.4 Å². The Kier molecular flexibility index (Phi) is 9.65. The zero-order valence-electron chi connectivity index (χ0n) is 10.9. The van der Waals surface area contributed by atoms with Crippen LogP contribution in [0, 0.1) is 0 Å². The van der Waals surface area contributed by atoms with Crippen molar-refractivity contribution in [3.8, 4) is 5.75 Å². The third-order valence-electron chi connectivity index (χ3n) is 2.56. The van der Waals surface area contributed by atoms with Crippen LogP contribution in [0.15, 0.2) is 22.7 Å². The number of halogens is 2. The molecule has 6 heteroatoms. The van der Waals surface area contributed by atoms with Crippen LogP contribution < -0.4 is 15.8 Å². The number of carbonyl (C=O) groups excluding carboxylic acids is 1. The quantitative estimate of drug-likeness (QED) is 0.741. The van der Waals surface area contributed by atoms with Gasteiger partial charge in [-0.05, 0) is 53.0 Å². The van der Waals surface area contributed by atoms with Gasteiger partial charge in [0.05, 0.1) is 11.6 Å². The smallest absolute Gasteiger partial charge is 0.220 e. The fourth-order valence-corrected chi connectivity index (χ4v) is 2.13. The lowest BCUT2D eigenvalue weighted by atomic mass is 10.1. The Balaban J connectivity index is 0.00000324. The van der Waals surface area contributed by atoms with Crippen LogP contribution >= 0.6 is 28.3 Å². The van der Waals surface area contributed by atoms with E-state index in [1.807, 2.05) is 18.2 Å². The van der Waals surface area contributed by atoms with E-state index in [9.17, 15) is 4.79 Å². The van der Waals surface area contributed by atoms with Crippen molar-refractivity contribution >= 4 is 34.2 Å². The van der Waals surface area contributed by atoms with Crippen LogP contribution in [0.5, 0.6) is 5.75 Å². The van der Waals surface area contributed by atoms with Crippen LogP contribution in [-0.2, 0) is 11.2 Å². The molecule has 0 aliphatic carbocycles. The molecule has 0 aliphatic heterocycles. The van der Waals surface area contributed by atoms with Gasteiger partial charge in [0.25, 0.3) is 0 Å². The fraction of sp³-hybridized carbons (Fsp3) is 0.462. The maximum absolute atomic E-state index is 11.5. The fourth-order valence-electron chi connectivity index (χ4n) is 1.54. The number of ether oxygens (including phenoxy) is 1. The number of aryl methyl sites for hydroxylation is 1. The average Bonchev–Trinajstić information content (AvgIpc) is 2.37. The Morgan fingerprint density at radius 3 is 2.79 bits per heavy atom. The minimum atomic E-state index is 0. The zero-order chi connectivity index (χ0) is 13.4. The molecule has 0 atom stereocenters. The van der Waals surface area contributed by atoms with Crippen molar-refractivity contribution in [2.45, 2.75) is 19.3 Å². The van der Waals surface area contributed by atoms with E-state index in [0.717, 1.165) is 28.6 Å². The number of methoxy groups -OCH3 is 1. The number of rotatable bonds is 7. The maximum Gasteiger partial charge on any atom is 0.220 e. The molecule has 4 nitrogen and oxygen atoms in total. The molecule has 19 heavy (non-hydrogen) atoms. The Morgan fingerprint density at radius 2 is 2.21 bits per heavy atom. The molecule has 0 aliphatic rings. The highest BCUT2D eigenvalue weighted by molar-refractivity contribution is 9.10. The lowest BCUT2D eigenvalue weighted by molar-refractivity contribution is -0.121. The SMILES string of the molecule is COc1ccc(CCC(=O)NCCCN)cc1Br.Cl. The summed E-state index contributed by atoms with van der Waals surface area (Å²) in [4.78, 5) is 11.5. The topological polar surface area (TPSA) is 64.3 Å². The van der Waals surface area contributed by atoms with Crippen LogP contribution in [0.2, 0.25) is 0 Å². The van der Waals surface area contributed by atoms with E-state index in [-0.39, 0.29) is 18.3 Å². The number of carbonyl (C=O) groups is 1. The summed E-state index contributed by atoms with van der Waals surface area (Å²) < 4.78 is 6.06. The summed E-state index contributed by atoms with van der Waals surface area (Å²) in [5.41, 5.74) is 6.46. The zero-order valence-corrected chi connectivity index (χ0v) is 13.4. The molecular weight excluding hydrogens is 332 g/mol. The number of hydrogen-bond acceptors (Lipinski definition) is 3. The van der Waals surface area contributed by atoms with E-state index in [1.165, 1.54) is 0 Å². The molecule has 1 amide bonds. The van der Waals surface area contributed by atoms with Crippen molar-refractivity contribution in [2.75, 3.05) is 20.2 Å². The van der Waals surface area contributed by atoms with E-state index in [4.69, 9.17) is 10.5 Å². The number of amides is 1. The van der Waals surface area contributed by atoms with Gasteiger partial charge in [-0.1, -0.05) is 6.07 Å². The molecule has 0 radical (unpaired) electrons. The van der Waals surface area contributed by atoms with Gasteiger partial charge < -0.3 is 15.8 Å². The Bertz CT molecular complexity index is 402. The van der Waals surface area contributed by atoms with Crippen molar-refractivity contribution in [3.63, 3.8) is 0 Å². The third kappa shape index (κ3) is 6.80. The van der Waals surface area contributed by atoms with Gasteiger partial charge in [0.1, 0.15) is 5.75 Å². The molecule has 0 aromatic heterocycles. The van der Waals surface area contributed by atoms with Crippen LogP contribution in [0.4, 0.5) is 0 Å². The third-order valence-corrected chi connectivity index (χ3v) is 3.18. The normalized spacial score (nSPS) is 9.63. The predicted molar refractivity (Wildman–Crippen MR) is 82.9 cm³/mol. The minimum Gasteiger partial charge on any atom is -0.496 e. The highest BCUT2D eigenvalue weighted by Gasteiger charge is 2.04. The lowest BCUT2D eigenvalue weighted by Gasteiger charge is -2.07. The highest BCUT2D eigenvalue weighted by atomic mass is 79.9. The van der Waals surface area contributed by atoms with Crippen molar-refractivity contribution in [1.82, 2.24) is 5.32 Å². The second-order valence-corrected chi connectivity index (χ2v) is 4.82. The maximum atomic E-state index is 11.5. The number of nitrogens with one attached hydrogen (secondary N) is 1. The molecule has 0 heterocycles. The average molecular weight is 352 g/mol. The van der Waals surface area contributed by atoms with Crippen LogP contribution in [0.25, 0.3) is 0 Å². The van der Waals surface area contributed by atoms with E-state index in [1.54, 1.807) is 7.11 Å². The summed E-state index contributed by atoms with van der Waals surface area (Å²) in [5.74, 6) is 0.863. The first kappa shape index (κ1) is 18.2. The van der Waals surface area contributed by atoms with Gasteiger partial charge >= 0.3 is 0 Å². The molecule has 1 rings (SSSR count). The molecule has 0 bridgehead atoms. The van der Waals surface area contributed by atoms with Gasteiger partial charge in [-0.2, -0.15) is 0 Å².